The predicted octanol–water partition coefficient (Wildman–Crippen LogP) is 3.64. The van der Waals surface area contributed by atoms with Crippen molar-refractivity contribution in [1.29, 1.82) is 0 Å². The fourth-order valence-electron chi connectivity index (χ4n) is 1.60. The van der Waals surface area contributed by atoms with Crippen LogP contribution in [0.25, 0.3) is 0 Å². The van der Waals surface area contributed by atoms with E-state index in [0.717, 1.165) is 0 Å². The van der Waals surface area contributed by atoms with Gasteiger partial charge in [0.2, 0.25) is 0 Å². The predicted molar refractivity (Wildman–Crippen MR) is 59.2 cm³/mol. The van der Waals surface area contributed by atoms with Crippen LogP contribution < -0.4 is 0 Å². The summed E-state index contributed by atoms with van der Waals surface area (Å²) in [6, 6.07) is 21.9. The third-order valence-electron chi connectivity index (χ3n) is 2.50. The van der Waals surface area contributed by atoms with Gasteiger partial charge in [-0.15, -0.1) is 0 Å². The van der Waals surface area contributed by atoms with E-state index in [1.807, 2.05) is 18.2 Å². The second kappa shape index (κ2) is 4.10. The Morgan fingerprint density at radius 3 is 2.29 bits per heavy atom. The zero-order valence-electron chi connectivity index (χ0n) is 8.27. The molecule has 0 N–H and O–H groups in total. The van der Waals surface area contributed by atoms with Crippen molar-refractivity contribution < 1.29 is 0 Å². The Morgan fingerprint density at radius 1 is 0.929 bits per heavy atom. The lowest BCUT2D eigenvalue weighted by atomic mass is 9.93. The van der Waals surface area contributed by atoms with Crippen LogP contribution >= 0.6 is 0 Å². The molecule has 0 heterocycles. The van der Waals surface area contributed by atoms with E-state index < -0.39 is 0 Å². The summed E-state index contributed by atoms with van der Waals surface area (Å²) >= 11 is 0. The van der Waals surface area contributed by atoms with Crippen molar-refractivity contribution in [1.82, 2.24) is 0 Å². The van der Waals surface area contributed by atoms with E-state index in [2.05, 4.69) is 49.4 Å². The lowest BCUT2D eigenvalue weighted by Crippen LogP contribution is -1.94. The molecule has 0 fully saturated rings. The van der Waals surface area contributed by atoms with E-state index in [1.165, 1.54) is 11.1 Å². The summed E-state index contributed by atoms with van der Waals surface area (Å²) in [6.45, 7) is 2.21. The van der Waals surface area contributed by atoms with Crippen LogP contribution in [0.3, 0.4) is 0 Å². The minimum atomic E-state index is 0.428. The van der Waals surface area contributed by atoms with E-state index in [-0.39, 0.29) is 0 Å². The Morgan fingerprint density at radius 2 is 1.64 bits per heavy atom. The van der Waals surface area contributed by atoms with Gasteiger partial charge < -0.3 is 0 Å². The van der Waals surface area contributed by atoms with Gasteiger partial charge in [-0.2, -0.15) is 0 Å². The zero-order chi connectivity index (χ0) is 9.80. The molecular formula is C14H13. The van der Waals surface area contributed by atoms with Crippen LogP contribution in [0.15, 0.2) is 54.6 Å². The Kier molecular flexibility index (Phi) is 2.64. The van der Waals surface area contributed by atoms with Crippen LogP contribution in [-0.2, 0) is 0 Å². The van der Waals surface area contributed by atoms with Gasteiger partial charge in [0, 0.05) is 5.92 Å². The first-order valence-electron chi connectivity index (χ1n) is 4.89. The Balaban J connectivity index is 2.30. The van der Waals surface area contributed by atoms with Gasteiger partial charge in [0.1, 0.15) is 0 Å². The first-order chi connectivity index (χ1) is 6.88. The molecule has 2 rings (SSSR count). The summed E-state index contributed by atoms with van der Waals surface area (Å²) in [6.07, 6.45) is 0. The number of rotatable bonds is 2. The molecule has 0 heteroatoms. The summed E-state index contributed by atoms with van der Waals surface area (Å²) in [7, 11) is 0. The fraction of sp³-hybridized carbons (Fsp3) is 0.143. The van der Waals surface area contributed by atoms with Crippen molar-refractivity contribution in [2.75, 3.05) is 0 Å². The molecule has 0 saturated heterocycles. The SMILES string of the molecule is CC(c1[c]cccc1)c1ccccc1. The smallest absolute Gasteiger partial charge is 0.00671 e. The number of hydrogen-bond donors (Lipinski definition) is 0. The van der Waals surface area contributed by atoms with Crippen molar-refractivity contribution in [2.24, 2.45) is 0 Å². The molecule has 0 aliphatic rings. The molecule has 14 heavy (non-hydrogen) atoms. The Bertz CT molecular complexity index is 336. The monoisotopic (exact) mass is 181 g/mol. The lowest BCUT2D eigenvalue weighted by Gasteiger charge is -2.11. The molecule has 0 saturated carbocycles. The highest BCUT2D eigenvalue weighted by molar-refractivity contribution is 5.30. The van der Waals surface area contributed by atoms with Gasteiger partial charge >= 0.3 is 0 Å². The number of benzene rings is 2. The highest BCUT2D eigenvalue weighted by atomic mass is 14.1. The Labute approximate surface area is 85.2 Å². The van der Waals surface area contributed by atoms with Gasteiger partial charge in [0.05, 0.1) is 0 Å². The maximum absolute atomic E-state index is 3.27. The largest absolute Gasteiger partial charge is 0.0622 e. The Hall–Kier alpha value is -1.56. The molecule has 2 aromatic carbocycles. The van der Waals surface area contributed by atoms with Gasteiger partial charge in [-0.3, -0.25) is 0 Å². The van der Waals surface area contributed by atoms with Crippen molar-refractivity contribution >= 4 is 0 Å². The van der Waals surface area contributed by atoms with Crippen molar-refractivity contribution in [3.8, 4) is 0 Å². The summed E-state index contributed by atoms with van der Waals surface area (Å²) < 4.78 is 0. The molecule has 0 aliphatic carbocycles. The third-order valence-corrected chi connectivity index (χ3v) is 2.50. The molecule has 1 radical (unpaired) electrons. The van der Waals surface area contributed by atoms with Gasteiger partial charge in [-0.25, -0.2) is 0 Å². The van der Waals surface area contributed by atoms with E-state index in [4.69, 9.17) is 0 Å². The summed E-state index contributed by atoms with van der Waals surface area (Å²) in [5, 5.41) is 0. The van der Waals surface area contributed by atoms with Gasteiger partial charge in [0.25, 0.3) is 0 Å². The zero-order valence-corrected chi connectivity index (χ0v) is 8.27. The molecular weight excluding hydrogens is 168 g/mol. The topological polar surface area (TPSA) is 0 Å². The first kappa shape index (κ1) is 9.01. The molecule has 0 amide bonds. The van der Waals surface area contributed by atoms with E-state index in [9.17, 15) is 0 Å². The van der Waals surface area contributed by atoms with Crippen LogP contribution in [-0.4, -0.2) is 0 Å². The van der Waals surface area contributed by atoms with Crippen LogP contribution in [0, 0.1) is 6.07 Å². The van der Waals surface area contributed by atoms with Crippen LogP contribution in [0.4, 0.5) is 0 Å². The fourth-order valence-corrected chi connectivity index (χ4v) is 1.60. The second-order valence-corrected chi connectivity index (χ2v) is 3.45. The standard InChI is InChI=1S/C14H13/c1-12(13-8-4-2-5-9-13)14-10-6-3-7-11-14/h2-10,12H,1H3. The summed E-state index contributed by atoms with van der Waals surface area (Å²) in [5.41, 5.74) is 2.59. The molecule has 0 bridgehead atoms. The minimum Gasteiger partial charge on any atom is -0.0622 e. The van der Waals surface area contributed by atoms with Crippen LogP contribution in [0.2, 0.25) is 0 Å². The van der Waals surface area contributed by atoms with Crippen LogP contribution in [0.1, 0.15) is 24.0 Å². The molecule has 1 unspecified atom stereocenters. The van der Waals surface area contributed by atoms with Gasteiger partial charge in [-0.1, -0.05) is 61.5 Å². The molecule has 0 spiro atoms. The molecule has 0 aliphatic heterocycles. The second-order valence-electron chi connectivity index (χ2n) is 3.45. The minimum absolute atomic E-state index is 0.428. The molecule has 0 nitrogen and oxygen atoms in total. The van der Waals surface area contributed by atoms with Crippen molar-refractivity contribution in [3.63, 3.8) is 0 Å². The van der Waals surface area contributed by atoms with Gasteiger partial charge in [0.15, 0.2) is 0 Å². The first-order valence-corrected chi connectivity index (χ1v) is 4.89. The van der Waals surface area contributed by atoms with Crippen LogP contribution in [0.5, 0.6) is 0 Å². The van der Waals surface area contributed by atoms with Crippen molar-refractivity contribution in [3.05, 3.63) is 71.8 Å². The van der Waals surface area contributed by atoms with E-state index >= 15 is 0 Å². The van der Waals surface area contributed by atoms with Gasteiger partial charge in [-0.05, 0) is 17.2 Å². The molecule has 69 valence electrons. The van der Waals surface area contributed by atoms with Crippen molar-refractivity contribution in [2.45, 2.75) is 12.8 Å². The maximum atomic E-state index is 3.27. The molecule has 0 aromatic heterocycles. The van der Waals surface area contributed by atoms with E-state index in [0.29, 0.717) is 5.92 Å². The average Bonchev–Trinajstić information content (AvgIpc) is 2.30. The molecule has 1 atom stereocenters. The highest BCUT2D eigenvalue weighted by Gasteiger charge is 2.06. The summed E-state index contributed by atoms with van der Waals surface area (Å²) in [5.74, 6) is 0.428. The highest BCUT2D eigenvalue weighted by Crippen LogP contribution is 2.22. The molecule has 2 aromatic rings. The maximum Gasteiger partial charge on any atom is 0.00671 e. The normalized spacial score (nSPS) is 10.4. The average molecular weight is 181 g/mol. The quantitative estimate of drug-likeness (QED) is 0.663. The third kappa shape index (κ3) is 1.85. The number of hydrogen-bond acceptors (Lipinski definition) is 0. The lowest BCUT2D eigenvalue weighted by molar-refractivity contribution is 0.920. The van der Waals surface area contributed by atoms with E-state index in [1.54, 1.807) is 0 Å². The summed E-state index contributed by atoms with van der Waals surface area (Å²) in [4.78, 5) is 0.